The number of rotatable bonds is 9. The predicted molar refractivity (Wildman–Crippen MR) is 156 cm³/mol. The second kappa shape index (κ2) is 11.8. The Bertz CT molecular complexity index is 1630. The number of nitrogens with zero attached hydrogens (tertiary/aromatic N) is 4. The average molecular weight is 531 g/mol. The van der Waals surface area contributed by atoms with Crippen molar-refractivity contribution in [2.75, 3.05) is 6.54 Å². The molecule has 40 heavy (non-hydrogen) atoms. The number of aromatic nitrogens is 2. The molecular weight excluding hydrogens is 500 g/mol. The van der Waals surface area contributed by atoms with Crippen molar-refractivity contribution in [1.82, 2.24) is 14.7 Å². The van der Waals surface area contributed by atoms with Crippen molar-refractivity contribution >= 4 is 11.6 Å². The lowest BCUT2D eigenvalue weighted by Crippen LogP contribution is -2.34. The number of benzene rings is 4. The van der Waals surface area contributed by atoms with Gasteiger partial charge in [0.25, 0.3) is 11.6 Å². The van der Waals surface area contributed by atoms with Gasteiger partial charge in [0.15, 0.2) is 0 Å². The third kappa shape index (κ3) is 5.99. The first kappa shape index (κ1) is 26.6. The maximum atomic E-state index is 14.3. The van der Waals surface area contributed by atoms with Gasteiger partial charge in [0.2, 0.25) is 0 Å². The molecule has 0 fully saturated rings. The van der Waals surface area contributed by atoms with Gasteiger partial charge in [0.1, 0.15) is 5.69 Å². The second-order valence-corrected chi connectivity index (χ2v) is 9.87. The molecule has 0 saturated heterocycles. The van der Waals surface area contributed by atoms with Gasteiger partial charge in [-0.15, -0.1) is 0 Å². The molecule has 0 aliphatic heterocycles. The summed E-state index contributed by atoms with van der Waals surface area (Å²) < 4.78 is 1.70. The molecule has 0 spiro atoms. The number of carbonyl (C=O) groups is 1. The lowest BCUT2D eigenvalue weighted by atomic mass is 10.1. The van der Waals surface area contributed by atoms with Gasteiger partial charge in [-0.25, -0.2) is 4.68 Å². The zero-order valence-electron chi connectivity index (χ0n) is 22.5. The summed E-state index contributed by atoms with van der Waals surface area (Å²) in [5.74, 6) is -0.138. The Morgan fingerprint density at radius 1 is 0.850 bits per heavy atom. The topological polar surface area (TPSA) is 81.3 Å². The van der Waals surface area contributed by atoms with Crippen molar-refractivity contribution in [3.05, 3.63) is 147 Å². The molecule has 7 heteroatoms. The van der Waals surface area contributed by atoms with E-state index >= 15 is 0 Å². The molecule has 5 aromatic rings. The normalized spacial score (nSPS) is 10.8. The molecule has 1 amide bonds. The minimum Gasteiger partial charge on any atom is -0.333 e. The molecule has 4 aromatic carbocycles. The summed E-state index contributed by atoms with van der Waals surface area (Å²) in [6.07, 6.45) is 0.715. The zero-order valence-corrected chi connectivity index (χ0v) is 22.5. The summed E-state index contributed by atoms with van der Waals surface area (Å²) in [6.45, 7) is 5.01. The smallest absolute Gasteiger partial charge is 0.272 e. The third-order valence-electron chi connectivity index (χ3n) is 6.90. The van der Waals surface area contributed by atoms with Crippen LogP contribution in [0, 0.1) is 24.0 Å². The van der Waals surface area contributed by atoms with Crippen LogP contribution < -0.4 is 0 Å². The minimum atomic E-state index is -0.429. The van der Waals surface area contributed by atoms with E-state index in [2.05, 4.69) is 18.2 Å². The molecule has 0 unspecified atom stereocenters. The molecule has 0 atom stereocenters. The van der Waals surface area contributed by atoms with Gasteiger partial charge in [-0.3, -0.25) is 14.9 Å². The number of hydrogen-bond donors (Lipinski definition) is 0. The Kier molecular flexibility index (Phi) is 7.82. The van der Waals surface area contributed by atoms with Gasteiger partial charge < -0.3 is 4.90 Å². The molecule has 0 radical (unpaired) electrons. The van der Waals surface area contributed by atoms with Crippen LogP contribution in [0.2, 0.25) is 0 Å². The summed E-state index contributed by atoms with van der Waals surface area (Å²) in [6, 6.07) is 34.1. The number of aryl methyl sites for hydroxylation is 2. The highest BCUT2D eigenvalue weighted by Gasteiger charge is 2.24. The highest BCUT2D eigenvalue weighted by Crippen LogP contribution is 2.27. The van der Waals surface area contributed by atoms with E-state index in [-0.39, 0.29) is 11.6 Å². The molecular formula is C33H30N4O3. The molecule has 0 aliphatic rings. The van der Waals surface area contributed by atoms with Crippen LogP contribution in [0.1, 0.15) is 32.7 Å². The fraction of sp³-hybridized carbons (Fsp3) is 0.152. The number of nitro groups is 1. The highest BCUT2D eigenvalue weighted by atomic mass is 16.6. The first-order valence-electron chi connectivity index (χ1n) is 13.2. The molecule has 0 saturated carbocycles. The van der Waals surface area contributed by atoms with Crippen molar-refractivity contribution in [3.63, 3.8) is 0 Å². The third-order valence-corrected chi connectivity index (χ3v) is 6.90. The molecule has 0 bridgehead atoms. The number of hydrogen-bond acceptors (Lipinski definition) is 4. The maximum absolute atomic E-state index is 14.3. The summed E-state index contributed by atoms with van der Waals surface area (Å²) in [4.78, 5) is 26.9. The van der Waals surface area contributed by atoms with Crippen LogP contribution in [0.3, 0.4) is 0 Å². The van der Waals surface area contributed by atoms with Crippen LogP contribution in [-0.2, 0) is 13.0 Å². The molecule has 0 aliphatic carbocycles. The Morgan fingerprint density at radius 2 is 1.50 bits per heavy atom. The Labute approximate surface area is 233 Å². The van der Waals surface area contributed by atoms with Crippen LogP contribution >= 0.6 is 0 Å². The molecule has 1 heterocycles. The average Bonchev–Trinajstić information content (AvgIpc) is 3.41. The maximum Gasteiger partial charge on any atom is 0.272 e. The van der Waals surface area contributed by atoms with Gasteiger partial charge >= 0.3 is 0 Å². The number of amides is 1. The van der Waals surface area contributed by atoms with E-state index in [1.54, 1.807) is 22.9 Å². The van der Waals surface area contributed by atoms with Crippen LogP contribution in [0.4, 0.5) is 5.69 Å². The van der Waals surface area contributed by atoms with Crippen LogP contribution in [0.5, 0.6) is 0 Å². The van der Waals surface area contributed by atoms with Crippen molar-refractivity contribution in [3.8, 4) is 16.9 Å². The Balaban J connectivity index is 1.57. The molecule has 0 N–H and O–H groups in total. The fourth-order valence-electron chi connectivity index (χ4n) is 4.78. The highest BCUT2D eigenvalue weighted by molar-refractivity contribution is 5.94. The van der Waals surface area contributed by atoms with Crippen molar-refractivity contribution in [2.45, 2.75) is 26.8 Å². The quantitative estimate of drug-likeness (QED) is 0.153. The van der Waals surface area contributed by atoms with Crippen LogP contribution in [-0.4, -0.2) is 32.1 Å². The van der Waals surface area contributed by atoms with E-state index in [4.69, 9.17) is 5.10 Å². The van der Waals surface area contributed by atoms with Gasteiger partial charge in [-0.1, -0.05) is 78.4 Å². The first-order chi connectivity index (χ1) is 19.4. The summed E-state index contributed by atoms with van der Waals surface area (Å²) >= 11 is 0. The van der Waals surface area contributed by atoms with Crippen LogP contribution in [0.15, 0.2) is 109 Å². The van der Waals surface area contributed by atoms with E-state index in [1.165, 1.54) is 12.1 Å². The Hall–Kier alpha value is -5.04. The van der Waals surface area contributed by atoms with E-state index < -0.39 is 4.92 Å². The largest absolute Gasteiger partial charge is 0.333 e. The standard InChI is InChI=1S/C33H30N4O3/c1-24-13-18-31(25(2)21-24)36-32(22-30(34-36)28-14-16-29(17-15-28)37(39)40)33(38)35(23-27-11-7-4-8-12-27)20-19-26-9-5-3-6-10-26/h3-18,21-22H,19-20,23H2,1-2H3. The fourth-order valence-corrected chi connectivity index (χ4v) is 4.78. The SMILES string of the molecule is Cc1ccc(-n2nc(-c3ccc([N+](=O)[O-])cc3)cc2C(=O)N(CCc2ccccc2)Cc2ccccc2)c(C)c1. The van der Waals surface area contributed by atoms with E-state index in [9.17, 15) is 14.9 Å². The van der Waals surface area contributed by atoms with Gasteiger partial charge in [-0.05, 0) is 61.2 Å². The lowest BCUT2D eigenvalue weighted by Gasteiger charge is -2.23. The monoisotopic (exact) mass is 530 g/mol. The van der Waals surface area contributed by atoms with Crippen molar-refractivity contribution in [1.29, 1.82) is 0 Å². The minimum absolute atomic E-state index is 0.00353. The van der Waals surface area contributed by atoms with Gasteiger partial charge in [0, 0.05) is 30.8 Å². The summed E-state index contributed by atoms with van der Waals surface area (Å²) in [5.41, 5.74) is 6.82. The zero-order chi connectivity index (χ0) is 28.1. The molecule has 1 aromatic heterocycles. The van der Waals surface area contributed by atoms with E-state index in [0.29, 0.717) is 36.5 Å². The van der Waals surface area contributed by atoms with E-state index in [1.807, 2.05) is 79.4 Å². The molecule has 5 rings (SSSR count). The summed E-state index contributed by atoms with van der Waals surface area (Å²) in [5, 5.41) is 16.0. The van der Waals surface area contributed by atoms with Crippen LogP contribution in [0.25, 0.3) is 16.9 Å². The number of nitro benzene ring substituents is 1. The number of carbonyl (C=O) groups excluding carboxylic acids is 1. The molecule has 7 nitrogen and oxygen atoms in total. The van der Waals surface area contributed by atoms with Crippen molar-refractivity contribution in [2.24, 2.45) is 0 Å². The second-order valence-electron chi connectivity index (χ2n) is 9.87. The van der Waals surface area contributed by atoms with Gasteiger partial charge in [0.05, 0.1) is 16.3 Å². The van der Waals surface area contributed by atoms with Gasteiger partial charge in [-0.2, -0.15) is 5.10 Å². The predicted octanol–water partition coefficient (Wildman–Crippen LogP) is 6.95. The van der Waals surface area contributed by atoms with Crippen molar-refractivity contribution < 1.29 is 9.72 Å². The number of non-ortho nitro benzene ring substituents is 1. The van der Waals surface area contributed by atoms with E-state index in [0.717, 1.165) is 27.9 Å². The summed E-state index contributed by atoms with van der Waals surface area (Å²) in [7, 11) is 0. The Morgan fingerprint density at radius 3 is 2.12 bits per heavy atom. The molecule has 200 valence electrons. The first-order valence-corrected chi connectivity index (χ1v) is 13.2. The lowest BCUT2D eigenvalue weighted by molar-refractivity contribution is -0.384.